The second kappa shape index (κ2) is 9.09. The molecule has 0 atom stereocenters. The van der Waals surface area contributed by atoms with Crippen LogP contribution < -0.4 is 14.8 Å². The number of halogens is 4. The molecule has 1 aliphatic rings. The van der Waals surface area contributed by atoms with E-state index in [9.17, 15) is 30.8 Å². The summed E-state index contributed by atoms with van der Waals surface area (Å²) in [6.07, 6.45) is -6.76. The van der Waals surface area contributed by atoms with Crippen LogP contribution in [0.3, 0.4) is 0 Å². The third kappa shape index (κ3) is 6.31. The monoisotopic (exact) mass is 454 g/mol. The summed E-state index contributed by atoms with van der Waals surface area (Å²) in [6, 6.07) is 4.58. The number of hydrogen-bond donors (Lipinski definition) is 2. The van der Waals surface area contributed by atoms with E-state index in [1.165, 1.54) is 12.1 Å². The predicted molar refractivity (Wildman–Crippen MR) is 104 cm³/mol. The maximum atomic E-state index is 13.0. The number of sulfonamides is 1. The van der Waals surface area contributed by atoms with Crippen LogP contribution in [0.1, 0.15) is 46.5 Å². The minimum Gasteiger partial charge on any atom is -0.428 e. The van der Waals surface area contributed by atoms with Crippen molar-refractivity contribution in [3.05, 3.63) is 24.3 Å². The van der Waals surface area contributed by atoms with Gasteiger partial charge in [-0.2, -0.15) is 17.6 Å². The minimum absolute atomic E-state index is 0.137. The molecule has 0 bridgehead atoms. The molecule has 1 saturated carbocycles. The first-order chi connectivity index (χ1) is 13.7. The van der Waals surface area contributed by atoms with E-state index in [4.69, 9.17) is 0 Å². The Morgan fingerprint density at radius 3 is 2.27 bits per heavy atom. The van der Waals surface area contributed by atoms with Crippen LogP contribution in [-0.4, -0.2) is 37.6 Å². The molecule has 1 amide bonds. The fourth-order valence-electron chi connectivity index (χ4n) is 2.95. The molecule has 0 radical (unpaired) electrons. The van der Waals surface area contributed by atoms with Crippen molar-refractivity contribution < 1.29 is 35.5 Å². The molecule has 0 spiro atoms. The highest BCUT2D eigenvalue weighted by Gasteiger charge is 2.44. The van der Waals surface area contributed by atoms with Crippen molar-refractivity contribution in [1.82, 2.24) is 4.72 Å². The first-order valence-corrected chi connectivity index (χ1v) is 11.0. The van der Waals surface area contributed by atoms with Gasteiger partial charge in [-0.3, -0.25) is 4.79 Å². The van der Waals surface area contributed by atoms with Crippen LogP contribution in [-0.2, 0) is 14.8 Å². The third-order valence-corrected chi connectivity index (χ3v) is 7.09. The number of carbonyl (C=O) groups excluding carboxylic acids is 1. The minimum atomic E-state index is -4.64. The Morgan fingerprint density at radius 2 is 1.73 bits per heavy atom. The molecule has 11 heteroatoms. The molecule has 2 rings (SSSR count). The molecule has 1 fully saturated rings. The van der Waals surface area contributed by atoms with Gasteiger partial charge in [0.05, 0.1) is 4.75 Å². The van der Waals surface area contributed by atoms with Crippen molar-refractivity contribution >= 4 is 21.6 Å². The summed E-state index contributed by atoms with van der Waals surface area (Å²) in [5.74, 6) is -1.24. The lowest BCUT2D eigenvalue weighted by molar-refractivity contribution is -0.253. The zero-order valence-corrected chi connectivity index (χ0v) is 17.7. The second-order valence-electron chi connectivity index (χ2n) is 8.26. The van der Waals surface area contributed by atoms with E-state index >= 15 is 0 Å². The number of ether oxygens (including phenoxy) is 1. The van der Waals surface area contributed by atoms with Gasteiger partial charge in [0.2, 0.25) is 15.9 Å². The average Bonchev–Trinajstić information content (AvgIpc) is 2.60. The maximum Gasteiger partial charge on any atom is 0.461 e. The van der Waals surface area contributed by atoms with Crippen molar-refractivity contribution in [2.45, 2.75) is 69.8 Å². The lowest BCUT2D eigenvalue weighted by Gasteiger charge is -2.30. The molecule has 1 aliphatic carbocycles. The Labute approximate surface area is 173 Å². The van der Waals surface area contributed by atoms with Crippen LogP contribution in [0.15, 0.2) is 24.3 Å². The predicted octanol–water partition coefficient (Wildman–Crippen LogP) is 4.14. The van der Waals surface area contributed by atoms with Gasteiger partial charge < -0.3 is 10.1 Å². The fraction of sp³-hybridized carbons (Fsp3) is 0.632. The van der Waals surface area contributed by atoms with E-state index in [0.717, 1.165) is 12.1 Å². The second-order valence-corrected chi connectivity index (χ2v) is 10.7. The van der Waals surface area contributed by atoms with Crippen molar-refractivity contribution in [3.63, 3.8) is 0 Å². The summed E-state index contributed by atoms with van der Waals surface area (Å²) in [4.78, 5) is 12.5. The quantitative estimate of drug-likeness (QED) is 0.607. The van der Waals surface area contributed by atoms with Gasteiger partial charge in [0.15, 0.2) is 0 Å². The number of rotatable bonds is 7. The lowest BCUT2D eigenvalue weighted by atomic mass is 9.86. The van der Waals surface area contributed by atoms with Gasteiger partial charge in [0.1, 0.15) is 5.75 Å². The van der Waals surface area contributed by atoms with Crippen molar-refractivity contribution in [2.75, 3.05) is 5.32 Å². The summed E-state index contributed by atoms with van der Waals surface area (Å²) < 4.78 is 80.9. The van der Waals surface area contributed by atoms with Crippen LogP contribution in [0.25, 0.3) is 0 Å². The zero-order valence-electron chi connectivity index (χ0n) is 16.9. The van der Waals surface area contributed by atoms with E-state index in [-0.39, 0.29) is 23.6 Å². The molecule has 2 N–H and O–H groups in total. The van der Waals surface area contributed by atoms with Crippen LogP contribution >= 0.6 is 0 Å². The molecular formula is C19H26F4N2O4S. The van der Waals surface area contributed by atoms with E-state index in [2.05, 4.69) is 14.8 Å². The van der Waals surface area contributed by atoms with Gasteiger partial charge in [-0.1, -0.05) is 6.07 Å². The molecule has 1 aromatic carbocycles. The van der Waals surface area contributed by atoms with Gasteiger partial charge in [-0.15, -0.1) is 0 Å². The van der Waals surface area contributed by atoms with Gasteiger partial charge in [-0.05, 0) is 58.6 Å². The highest BCUT2D eigenvalue weighted by atomic mass is 32.2. The smallest absolute Gasteiger partial charge is 0.428 e. The van der Waals surface area contributed by atoms with Crippen LogP contribution in [0.4, 0.5) is 23.2 Å². The van der Waals surface area contributed by atoms with Crippen molar-refractivity contribution in [2.24, 2.45) is 5.92 Å². The normalized spacial score (nSPS) is 20.8. The van der Waals surface area contributed by atoms with E-state index < -0.39 is 33.1 Å². The number of anilines is 1. The Hall–Kier alpha value is -1.88. The molecule has 170 valence electrons. The van der Waals surface area contributed by atoms with Crippen LogP contribution in [0.5, 0.6) is 5.75 Å². The molecular weight excluding hydrogens is 428 g/mol. The van der Waals surface area contributed by atoms with E-state index in [0.29, 0.717) is 25.7 Å². The number of alkyl halides is 4. The van der Waals surface area contributed by atoms with E-state index in [1.807, 2.05) is 0 Å². The highest BCUT2D eigenvalue weighted by molar-refractivity contribution is 7.90. The molecule has 0 heterocycles. The summed E-state index contributed by atoms with van der Waals surface area (Å²) in [7, 11) is -3.49. The molecule has 0 unspecified atom stereocenters. The molecule has 1 aromatic rings. The Bertz CT molecular complexity index is 848. The number of hydrogen-bond acceptors (Lipinski definition) is 4. The largest absolute Gasteiger partial charge is 0.461 e. The van der Waals surface area contributed by atoms with Gasteiger partial charge in [0.25, 0.3) is 0 Å². The Balaban J connectivity index is 1.92. The zero-order chi connectivity index (χ0) is 22.7. The molecule has 6 nitrogen and oxygen atoms in total. The van der Waals surface area contributed by atoms with Gasteiger partial charge >= 0.3 is 12.5 Å². The maximum absolute atomic E-state index is 13.0. The number of carbonyl (C=O) groups is 1. The highest BCUT2D eigenvalue weighted by Crippen LogP contribution is 2.30. The SMILES string of the molecule is CC(C)(C)S(=O)(=O)N[C@H]1CC[C@H](C(=O)Nc2cccc(OC(F)(F)C(F)F)c2)CC1. The van der Waals surface area contributed by atoms with Gasteiger partial charge in [-0.25, -0.2) is 13.1 Å². The lowest BCUT2D eigenvalue weighted by Crippen LogP contribution is -2.46. The van der Waals surface area contributed by atoms with Crippen molar-refractivity contribution in [3.8, 4) is 5.75 Å². The summed E-state index contributed by atoms with van der Waals surface area (Å²) in [5.41, 5.74) is 0.137. The number of benzene rings is 1. The Morgan fingerprint density at radius 1 is 1.13 bits per heavy atom. The van der Waals surface area contributed by atoms with Gasteiger partial charge in [0, 0.05) is 23.7 Å². The first-order valence-electron chi connectivity index (χ1n) is 9.49. The Kier molecular flexibility index (Phi) is 7.39. The number of amides is 1. The third-order valence-electron chi connectivity index (χ3n) is 4.84. The molecule has 0 saturated heterocycles. The van der Waals surface area contributed by atoms with Crippen LogP contribution in [0, 0.1) is 5.92 Å². The average molecular weight is 454 g/mol. The summed E-state index contributed by atoms with van der Waals surface area (Å²) >= 11 is 0. The van der Waals surface area contributed by atoms with Crippen LogP contribution in [0.2, 0.25) is 0 Å². The standard InChI is InChI=1S/C19H26F4N2O4S/c1-18(2,3)30(27,28)25-13-9-7-12(8-10-13)16(26)24-14-5-4-6-15(11-14)29-19(22,23)17(20)21/h4-6,11-13,17,25H,7-10H2,1-3H3,(H,24,26)/t12-,13-. The molecule has 0 aromatic heterocycles. The number of nitrogens with one attached hydrogen (secondary N) is 2. The fourth-order valence-corrected chi connectivity index (χ4v) is 3.98. The summed E-state index contributed by atoms with van der Waals surface area (Å²) in [5, 5.41) is 2.56. The summed E-state index contributed by atoms with van der Waals surface area (Å²) in [6.45, 7) is 4.80. The topological polar surface area (TPSA) is 84.5 Å². The molecule has 30 heavy (non-hydrogen) atoms. The van der Waals surface area contributed by atoms with E-state index in [1.54, 1.807) is 20.8 Å². The molecule has 0 aliphatic heterocycles. The van der Waals surface area contributed by atoms with Crippen molar-refractivity contribution in [1.29, 1.82) is 0 Å². The first kappa shape index (κ1) is 24.4.